The van der Waals surface area contributed by atoms with Gasteiger partial charge in [0.25, 0.3) is 0 Å². The Labute approximate surface area is 228 Å². The number of amides is 2. The zero-order valence-electron chi connectivity index (χ0n) is 22.8. The van der Waals surface area contributed by atoms with Gasteiger partial charge in [-0.15, -0.1) is 0 Å². The molecule has 2 amide bonds. The molecule has 0 bridgehead atoms. The largest absolute Gasteiger partial charge is 0.425 e. The fourth-order valence-electron chi connectivity index (χ4n) is 3.58. The van der Waals surface area contributed by atoms with Crippen LogP contribution in [0.2, 0.25) is 0 Å². The van der Waals surface area contributed by atoms with Gasteiger partial charge in [0.1, 0.15) is 23.6 Å². The molecule has 0 saturated carbocycles. The number of esters is 2. The van der Waals surface area contributed by atoms with Gasteiger partial charge in [-0.05, 0) is 53.6 Å². The Morgan fingerprint density at radius 2 is 0.974 bits per heavy atom. The van der Waals surface area contributed by atoms with E-state index >= 15 is 0 Å². The molecular weight excluding hydrogens is 504 g/mol. The molecule has 0 aliphatic rings. The Kier molecular flexibility index (Phi) is 12.6. The average molecular weight is 543 g/mol. The lowest BCUT2D eigenvalue weighted by molar-refractivity contribution is -0.140. The molecule has 39 heavy (non-hydrogen) atoms. The van der Waals surface area contributed by atoms with Crippen molar-refractivity contribution < 1.29 is 38.9 Å². The van der Waals surface area contributed by atoms with Crippen LogP contribution in [0.4, 0.5) is 0 Å². The highest BCUT2D eigenvalue weighted by Crippen LogP contribution is 2.16. The van der Waals surface area contributed by atoms with Crippen molar-refractivity contribution in [3.63, 3.8) is 0 Å². The Hall–Kier alpha value is -3.76. The van der Waals surface area contributed by atoms with E-state index in [1.165, 1.54) is 0 Å². The number of aliphatic hydroxyl groups is 2. The minimum Gasteiger partial charge on any atom is -0.425 e. The lowest BCUT2D eigenvalue weighted by Gasteiger charge is -2.21. The summed E-state index contributed by atoms with van der Waals surface area (Å²) in [7, 11) is 0. The Balaban J connectivity index is 1.83. The molecule has 2 unspecified atom stereocenters. The van der Waals surface area contributed by atoms with E-state index in [4.69, 9.17) is 19.7 Å². The summed E-state index contributed by atoms with van der Waals surface area (Å²) in [5.41, 5.74) is 1.36. The number of ether oxygens (including phenoxy) is 2. The van der Waals surface area contributed by atoms with E-state index < -0.39 is 35.8 Å². The maximum absolute atomic E-state index is 12.6. The van der Waals surface area contributed by atoms with Gasteiger partial charge in [-0.3, -0.25) is 9.59 Å². The molecule has 0 aliphatic heterocycles. The fraction of sp³-hybridized carbons (Fsp3) is 0.448. The molecule has 212 valence electrons. The van der Waals surface area contributed by atoms with Crippen molar-refractivity contribution in [3.8, 4) is 11.5 Å². The third-order valence-electron chi connectivity index (χ3n) is 5.93. The van der Waals surface area contributed by atoms with Crippen LogP contribution in [0, 0.1) is 11.8 Å². The number of hydrogen-bond acceptors (Lipinski definition) is 8. The molecule has 0 heterocycles. The van der Waals surface area contributed by atoms with Gasteiger partial charge in [-0.2, -0.15) is 0 Å². The summed E-state index contributed by atoms with van der Waals surface area (Å²) in [5, 5.41) is 23.6. The number of rotatable bonds is 14. The standard InChI is InChI=1S/C29H38N2O8/c1-18(2)26(28(36)38-22-12-8-20(16-32)9-13-22)30-24(34)6-5-7-25(35)31-27(19(3)4)29(37)39-23-14-10-21(17-33)11-15-23/h8-15,18-19,26-27,32-33H,5-7,16-17H2,1-4H3,(H,30,34)(H,31,35). The van der Waals surface area contributed by atoms with Crippen molar-refractivity contribution in [1.82, 2.24) is 10.6 Å². The van der Waals surface area contributed by atoms with Gasteiger partial charge in [0.05, 0.1) is 13.2 Å². The Morgan fingerprint density at radius 1 is 0.641 bits per heavy atom. The highest BCUT2D eigenvalue weighted by molar-refractivity contribution is 5.87. The van der Waals surface area contributed by atoms with Gasteiger partial charge >= 0.3 is 11.9 Å². The number of aliphatic hydroxyl groups excluding tert-OH is 2. The van der Waals surface area contributed by atoms with E-state index in [1.807, 2.05) is 0 Å². The molecular formula is C29H38N2O8. The second kappa shape index (κ2) is 15.6. The summed E-state index contributed by atoms with van der Waals surface area (Å²) in [6.45, 7) is 6.86. The summed E-state index contributed by atoms with van der Waals surface area (Å²) in [6.07, 6.45) is 0.217. The fourth-order valence-corrected chi connectivity index (χ4v) is 3.58. The van der Waals surface area contributed by atoms with Crippen LogP contribution in [0.15, 0.2) is 48.5 Å². The molecule has 10 heteroatoms. The van der Waals surface area contributed by atoms with Crippen LogP contribution >= 0.6 is 0 Å². The second-order valence-electron chi connectivity index (χ2n) is 9.88. The molecule has 0 aromatic heterocycles. The second-order valence-corrected chi connectivity index (χ2v) is 9.88. The summed E-state index contributed by atoms with van der Waals surface area (Å²) in [5.74, 6) is -1.91. The van der Waals surface area contributed by atoms with Crippen LogP contribution in [-0.2, 0) is 32.4 Å². The number of carbonyl (C=O) groups is 4. The quantitative estimate of drug-likeness (QED) is 0.210. The van der Waals surface area contributed by atoms with Gasteiger partial charge in [0.15, 0.2) is 0 Å². The normalized spacial score (nSPS) is 12.5. The first-order valence-corrected chi connectivity index (χ1v) is 13.0. The summed E-state index contributed by atoms with van der Waals surface area (Å²) in [4.78, 5) is 50.3. The zero-order chi connectivity index (χ0) is 28.9. The van der Waals surface area contributed by atoms with E-state index in [0.29, 0.717) is 22.6 Å². The first-order chi connectivity index (χ1) is 18.5. The maximum atomic E-state index is 12.6. The van der Waals surface area contributed by atoms with Crippen molar-refractivity contribution in [2.24, 2.45) is 11.8 Å². The van der Waals surface area contributed by atoms with Gasteiger partial charge in [-0.25, -0.2) is 9.59 Å². The van der Waals surface area contributed by atoms with E-state index in [2.05, 4.69) is 10.6 Å². The van der Waals surface area contributed by atoms with Crippen LogP contribution in [-0.4, -0.2) is 46.0 Å². The van der Waals surface area contributed by atoms with Crippen LogP contribution in [0.3, 0.4) is 0 Å². The molecule has 2 rings (SSSR count). The molecule has 0 saturated heterocycles. The number of nitrogens with one attached hydrogen (secondary N) is 2. The molecule has 2 aromatic rings. The zero-order valence-corrected chi connectivity index (χ0v) is 22.8. The average Bonchev–Trinajstić information content (AvgIpc) is 2.90. The Morgan fingerprint density at radius 3 is 1.26 bits per heavy atom. The van der Waals surface area contributed by atoms with Gasteiger partial charge in [0, 0.05) is 12.8 Å². The topological polar surface area (TPSA) is 151 Å². The van der Waals surface area contributed by atoms with E-state index in [9.17, 15) is 19.2 Å². The lowest BCUT2D eigenvalue weighted by Crippen LogP contribution is -2.47. The number of benzene rings is 2. The number of carbonyl (C=O) groups excluding carboxylic acids is 4. The predicted octanol–water partition coefficient (Wildman–Crippen LogP) is 2.63. The van der Waals surface area contributed by atoms with Gasteiger partial charge < -0.3 is 30.3 Å². The van der Waals surface area contributed by atoms with Crippen LogP contribution in [0.1, 0.15) is 58.1 Å². The molecule has 2 aromatic carbocycles. The van der Waals surface area contributed by atoms with Crippen molar-refractivity contribution in [3.05, 3.63) is 59.7 Å². The summed E-state index contributed by atoms with van der Waals surface area (Å²) >= 11 is 0. The summed E-state index contributed by atoms with van der Waals surface area (Å²) < 4.78 is 10.7. The molecule has 0 fully saturated rings. The first kappa shape index (κ1) is 31.5. The van der Waals surface area contributed by atoms with E-state index in [0.717, 1.165) is 0 Å². The van der Waals surface area contributed by atoms with Gasteiger partial charge in [0.2, 0.25) is 11.8 Å². The maximum Gasteiger partial charge on any atom is 0.334 e. The van der Waals surface area contributed by atoms with Crippen LogP contribution in [0.25, 0.3) is 0 Å². The lowest BCUT2D eigenvalue weighted by atomic mass is 10.0. The van der Waals surface area contributed by atoms with Crippen molar-refractivity contribution in [2.45, 2.75) is 72.3 Å². The van der Waals surface area contributed by atoms with Crippen molar-refractivity contribution in [1.29, 1.82) is 0 Å². The highest BCUT2D eigenvalue weighted by Gasteiger charge is 2.28. The summed E-state index contributed by atoms with van der Waals surface area (Å²) in [6, 6.07) is 11.0. The number of hydrogen-bond donors (Lipinski definition) is 4. The SMILES string of the molecule is CC(C)C(NC(=O)CCCC(=O)NC(C(=O)Oc1ccc(CO)cc1)C(C)C)C(=O)Oc1ccc(CO)cc1. The molecule has 2 atom stereocenters. The van der Waals surface area contributed by atoms with Gasteiger partial charge in [-0.1, -0.05) is 52.0 Å². The predicted molar refractivity (Wildman–Crippen MR) is 143 cm³/mol. The van der Waals surface area contributed by atoms with Crippen LogP contribution < -0.4 is 20.1 Å². The van der Waals surface area contributed by atoms with Crippen LogP contribution in [0.5, 0.6) is 11.5 Å². The third-order valence-corrected chi connectivity index (χ3v) is 5.93. The molecule has 0 spiro atoms. The van der Waals surface area contributed by atoms with Crippen molar-refractivity contribution in [2.75, 3.05) is 0 Å². The monoisotopic (exact) mass is 542 g/mol. The Bertz CT molecular complexity index is 1010. The minimum atomic E-state index is -0.879. The smallest absolute Gasteiger partial charge is 0.334 e. The van der Waals surface area contributed by atoms with Crippen molar-refractivity contribution >= 4 is 23.8 Å². The van der Waals surface area contributed by atoms with E-state index in [-0.39, 0.29) is 44.3 Å². The molecule has 10 nitrogen and oxygen atoms in total. The molecule has 0 radical (unpaired) electrons. The molecule has 4 N–H and O–H groups in total. The molecule has 0 aliphatic carbocycles. The highest BCUT2D eigenvalue weighted by atomic mass is 16.5. The first-order valence-electron chi connectivity index (χ1n) is 13.0. The minimum absolute atomic E-state index is 0.00309. The van der Waals surface area contributed by atoms with E-state index in [1.54, 1.807) is 76.2 Å². The third kappa shape index (κ3) is 10.5.